The second kappa shape index (κ2) is 8.56. The highest BCUT2D eigenvalue weighted by molar-refractivity contribution is 5.73. The number of nitrogens with zero attached hydrogens (tertiary/aromatic N) is 1. The molecule has 0 aliphatic rings. The van der Waals surface area contributed by atoms with Crippen LogP contribution in [0.1, 0.15) is 32.3 Å². The number of halogens is 1. The van der Waals surface area contributed by atoms with Gasteiger partial charge in [-0.1, -0.05) is 32.4 Å². The zero-order valence-electron chi connectivity index (χ0n) is 12.7. The minimum Gasteiger partial charge on any atom is -0.338 e. The van der Waals surface area contributed by atoms with Crippen LogP contribution in [-0.2, 0) is 6.42 Å². The number of urea groups is 1. The molecule has 0 aromatic heterocycles. The molecule has 4 heteroatoms. The Bertz CT molecular complexity index is 423. The molecular weight excluding hydrogens is 255 g/mol. The zero-order chi connectivity index (χ0) is 15.0. The first-order chi connectivity index (χ1) is 9.52. The van der Waals surface area contributed by atoms with Gasteiger partial charge < -0.3 is 10.2 Å². The zero-order valence-corrected chi connectivity index (χ0v) is 12.7. The number of carbonyl (C=O) groups is 1. The minimum atomic E-state index is -0.208. The lowest BCUT2D eigenvalue weighted by Crippen LogP contribution is -2.39. The van der Waals surface area contributed by atoms with Gasteiger partial charge in [-0.3, -0.25) is 0 Å². The monoisotopic (exact) mass is 280 g/mol. The molecule has 0 saturated carbocycles. The first-order valence-corrected chi connectivity index (χ1v) is 7.26. The Labute approximate surface area is 121 Å². The molecule has 2 amide bonds. The smallest absolute Gasteiger partial charge is 0.317 e. The molecule has 1 aromatic carbocycles. The predicted octanol–water partition coefficient (Wildman–Crippen LogP) is 3.45. The van der Waals surface area contributed by atoms with E-state index in [1.165, 1.54) is 12.1 Å². The molecule has 0 fully saturated rings. The van der Waals surface area contributed by atoms with Crippen molar-refractivity contribution >= 4 is 6.03 Å². The fourth-order valence-electron chi connectivity index (χ4n) is 1.99. The number of aryl methyl sites for hydroxylation is 1. The van der Waals surface area contributed by atoms with E-state index in [2.05, 4.69) is 19.2 Å². The molecule has 1 N–H and O–H groups in total. The number of hydrogen-bond donors (Lipinski definition) is 1. The summed E-state index contributed by atoms with van der Waals surface area (Å²) in [5.41, 5.74) is 0.965. The lowest BCUT2D eigenvalue weighted by Gasteiger charge is -2.21. The van der Waals surface area contributed by atoms with E-state index < -0.39 is 0 Å². The van der Waals surface area contributed by atoms with Gasteiger partial charge in [-0.05, 0) is 36.5 Å². The number of nitrogens with one attached hydrogen (secondary N) is 1. The molecule has 0 bridgehead atoms. The van der Waals surface area contributed by atoms with E-state index in [9.17, 15) is 9.18 Å². The average Bonchev–Trinajstić information content (AvgIpc) is 2.43. The third-order valence-corrected chi connectivity index (χ3v) is 3.44. The average molecular weight is 280 g/mol. The molecule has 20 heavy (non-hydrogen) atoms. The van der Waals surface area contributed by atoms with Gasteiger partial charge in [-0.15, -0.1) is 0 Å². The first-order valence-electron chi connectivity index (χ1n) is 7.26. The summed E-state index contributed by atoms with van der Waals surface area (Å²) in [6.07, 6.45) is 2.65. The SMILES string of the molecule is CCC(C)CN(C)C(=O)NCCCc1cccc(F)c1. The lowest BCUT2D eigenvalue weighted by molar-refractivity contribution is 0.201. The van der Waals surface area contributed by atoms with Crippen molar-refractivity contribution in [3.05, 3.63) is 35.6 Å². The Kier molecular flexibility index (Phi) is 7.05. The van der Waals surface area contributed by atoms with Gasteiger partial charge in [0.05, 0.1) is 0 Å². The van der Waals surface area contributed by atoms with Crippen molar-refractivity contribution in [2.75, 3.05) is 20.1 Å². The second-order valence-corrected chi connectivity index (χ2v) is 5.36. The van der Waals surface area contributed by atoms with Crippen LogP contribution in [0, 0.1) is 11.7 Å². The minimum absolute atomic E-state index is 0.0375. The normalized spacial score (nSPS) is 12.0. The highest BCUT2D eigenvalue weighted by atomic mass is 19.1. The maximum atomic E-state index is 13.0. The first kappa shape index (κ1) is 16.5. The predicted molar refractivity (Wildman–Crippen MR) is 80.2 cm³/mol. The number of benzene rings is 1. The van der Waals surface area contributed by atoms with Crippen LogP contribution in [0.4, 0.5) is 9.18 Å². The van der Waals surface area contributed by atoms with Gasteiger partial charge in [0.1, 0.15) is 5.82 Å². The largest absolute Gasteiger partial charge is 0.338 e. The number of carbonyl (C=O) groups excluding carboxylic acids is 1. The molecule has 0 saturated heterocycles. The third kappa shape index (κ3) is 6.04. The van der Waals surface area contributed by atoms with E-state index in [1.54, 1.807) is 11.0 Å². The van der Waals surface area contributed by atoms with E-state index in [4.69, 9.17) is 0 Å². The van der Waals surface area contributed by atoms with E-state index in [0.717, 1.165) is 31.4 Å². The van der Waals surface area contributed by atoms with Crippen molar-refractivity contribution in [3.63, 3.8) is 0 Å². The van der Waals surface area contributed by atoms with Crippen LogP contribution in [-0.4, -0.2) is 31.1 Å². The summed E-state index contributed by atoms with van der Waals surface area (Å²) in [4.78, 5) is 13.5. The van der Waals surface area contributed by atoms with E-state index in [1.807, 2.05) is 13.1 Å². The lowest BCUT2D eigenvalue weighted by atomic mass is 10.1. The summed E-state index contributed by atoms with van der Waals surface area (Å²) in [6, 6.07) is 6.55. The van der Waals surface area contributed by atoms with Gasteiger partial charge >= 0.3 is 6.03 Å². The van der Waals surface area contributed by atoms with Gasteiger partial charge in [-0.25, -0.2) is 9.18 Å². The number of hydrogen-bond acceptors (Lipinski definition) is 1. The molecule has 0 aliphatic carbocycles. The number of rotatable bonds is 7. The highest BCUT2D eigenvalue weighted by Gasteiger charge is 2.10. The Morgan fingerprint density at radius 1 is 1.45 bits per heavy atom. The van der Waals surface area contributed by atoms with Crippen molar-refractivity contribution in [2.24, 2.45) is 5.92 Å². The van der Waals surface area contributed by atoms with Crippen molar-refractivity contribution in [1.29, 1.82) is 0 Å². The fraction of sp³-hybridized carbons (Fsp3) is 0.562. The van der Waals surface area contributed by atoms with Crippen LogP contribution in [0.3, 0.4) is 0 Å². The van der Waals surface area contributed by atoms with Crippen LogP contribution in [0.15, 0.2) is 24.3 Å². The Hall–Kier alpha value is -1.58. The van der Waals surface area contributed by atoms with Crippen LogP contribution >= 0.6 is 0 Å². The third-order valence-electron chi connectivity index (χ3n) is 3.44. The molecule has 0 spiro atoms. The van der Waals surface area contributed by atoms with Crippen LogP contribution in [0.2, 0.25) is 0 Å². The van der Waals surface area contributed by atoms with Crippen molar-refractivity contribution in [2.45, 2.75) is 33.1 Å². The van der Waals surface area contributed by atoms with Gasteiger partial charge in [0.2, 0.25) is 0 Å². The van der Waals surface area contributed by atoms with Gasteiger partial charge in [-0.2, -0.15) is 0 Å². The van der Waals surface area contributed by atoms with E-state index >= 15 is 0 Å². The van der Waals surface area contributed by atoms with Crippen molar-refractivity contribution in [1.82, 2.24) is 10.2 Å². The maximum absolute atomic E-state index is 13.0. The second-order valence-electron chi connectivity index (χ2n) is 5.36. The molecule has 1 aromatic rings. The maximum Gasteiger partial charge on any atom is 0.317 e. The van der Waals surface area contributed by atoms with Gasteiger partial charge in [0, 0.05) is 20.1 Å². The molecule has 0 heterocycles. The van der Waals surface area contributed by atoms with Gasteiger partial charge in [0.15, 0.2) is 0 Å². The van der Waals surface area contributed by atoms with E-state index in [-0.39, 0.29) is 11.8 Å². The standard InChI is InChI=1S/C16H25FN2O/c1-4-13(2)12-19(3)16(20)18-10-6-8-14-7-5-9-15(17)11-14/h5,7,9,11,13H,4,6,8,10,12H2,1-3H3,(H,18,20). The molecule has 112 valence electrons. The van der Waals surface area contributed by atoms with Crippen molar-refractivity contribution in [3.8, 4) is 0 Å². The topological polar surface area (TPSA) is 32.3 Å². The molecule has 1 unspecified atom stereocenters. The molecule has 0 radical (unpaired) electrons. The fourth-order valence-corrected chi connectivity index (χ4v) is 1.99. The quantitative estimate of drug-likeness (QED) is 0.762. The van der Waals surface area contributed by atoms with Crippen LogP contribution < -0.4 is 5.32 Å². The van der Waals surface area contributed by atoms with E-state index in [0.29, 0.717) is 12.5 Å². The Morgan fingerprint density at radius 2 is 2.20 bits per heavy atom. The molecule has 3 nitrogen and oxygen atoms in total. The van der Waals surface area contributed by atoms with Crippen LogP contribution in [0.5, 0.6) is 0 Å². The molecule has 1 rings (SSSR count). The Morgan fingerprint density at radius 3 is 2.85 bits per heavy atom. The molecule has 0 aliphatic heterocycles. The Balaban J connectivity index is 2.22. The summed E-state index contributed by atoms with van der Waals surface area (Å²) in [7, 11) is 1.81. The summed E-state index contributed by atoms with van der Waals surface area (Å²) in [5.74, 6) is 0.304. The van der Waals surface area contributed by atoms with Crippen molar-refractivity contribution < 1.29 is 9.18 Å². The number of amides is 2. The summed E-state index contributed by atoms with van der Waals surface area (Å²) >= 11 is 0. The molecule has 1 atom stereocenters. The summed E-state index contributed by atoms with van der Waals surface area (Å²) in [5, 5.41) is 2.89. The van der Waals surface area contributed by atoms with Crippen LogP contribution in [0.25, 0.3) is 0 Å². The summed E-state index contributed by atoms with van der Waals surface area (Å²) in [6.45, 7) is 5.63. The molecular formula is C16H25FN2O. The highest BCUT2D eigenvalue weighted by Crippen LogP contribution is 2.06. The summed E-state index contributed by atoms with van der Waals surface area (Å²) < 4.78 is 13.0. The van der Waals surface area contributed by atoms with Gasteiger partial charge in [0.25, 0.3) is 0 Å².